The molecule has 1 fully saturated rings. The molecular weight excluding hydrogens is 310 g/mol. The van der Waals surface area contributed by atoms with Gasteiger partial charge in [-0.05, 0) is 26.3 Å². The SMILES string of the molecule is Cc1nccc(CN2CC[C@@](C)(O)[C@H](n3ccc(=O)[nH]c3=O)C2)n1. The van der Waals surface area contributed by atoms with Gasteiger partial charge < -0.3 is 5.11 Å². The molecule has 0 aromatic carbocycles. The Labute approximate surface area is 138 Å². The molecule has 128 valence electrons. The number of aromatic nitrogens is 4. The third-order valence-electron chi connectivity index (χ3n) is 4.49. The van der Waals surface area contributed by atoms with Crippen molar-refractivity contribution in [3.8, 4) is 0 Å². The Morgan fingerprint density at radius 2 is 2.21 bits per heavy atom. The quantitative estimate of drug-likeness (QED) is 0.809. The highest BCUT2D eigenvalue weighted by Crippen LogP contribution is 2.31. The van der Waals surface area contributed by atoms with E-state index in [1.165, 1.54) is 16.8 Å². The van der Waals surface area contributed by atoms with Crippen molar-refractivity contribution in [1.82, 2.24) is 24.4 Å². The summed E-state index contributed by atoms with van der Waals surface area (Å²) in [5, 5.41) is 10.7. The Morgan fingerprint density at radius 3 is 2.92 bits per heavy atom. The average molecular weight is 331 g/mol. The van der Waals surface area contributed by atoms with E-state index in [1.54, 1.807) is 13.1 Å². The Balaban J connectivity index is 1.84. The maximum atomic E-state index is 12.1. The van der Waals surface area contributed by atoms with Crippen LogP contribution in [0.5, 0.6) is 0 Å². The zero-order valence-electron chi connectivity index (χ0n) is 13.8. The number of hydrogen-bond acceptors (Lipinski definition) is 6. The molecule has 3 heterocycles. The van der Waals surface area contributed by atoms with E-state index in [0.29, 0.717) is 31.9 Å². The fourth-order valence-corrected chi connectivity index (χ4v) is 3.11. The van der Waals surface area contributed by atoms with Crippen molar-refractivity contribution in [1.29, 1.82) is 0 Å². The lowest BCUT2D eigenvalue weighted by atomic mass is 9.88. The maximum absolute atomic E-state index is 12.1. The molecule has 0 unspecified atom stereocenters. The van der Waals surface area contributed by atoms with Crippen molar-refractivity contribution in [2.45, 2.75) is 38.5 Å². The van der Waals surface area contributed by atoms with E-state index < -0.39 is 22.9 Å². The first-order valence-corrected chi connectivity index (χ1v) is 7.90. The van der Waals surface area contributed by atoms with Gasteiger partial charge in [-0.15, -0.1) is 0 Å². The van der Waals surface area contributed by atoms with Crippen molar-refractivity contribution in [3.63, 3.8) is 0 Å². The lowest BCUT2D eigenvalue weighted by Gasteiger charge is -2.43. The number of aryl methyl sites for hydroxylation is 1. The Kier molecular flexibility index (Phi) is 4.33. The van der Waals surface area contributed by atoms with Crippen LogP contribution in [0.4, 0.5) is 0 Å². The van der Waals surface area contributed by atoms with Crippen molar-refractivity contribution in [3.05, 3.63) is 56.9 Å². The van der Waals surface area contributed by atoms with Gasteiger partial charge in [-0.25, -0.2) is 14.8 Å². The number of H-pyrrole nitrogens is 1. The van der Waals surface area contributed by atoms with Crippen molar-refractivity contribution in [2.24, 2.45) is 0 Å². The van der Waals surface area contributed by atoms with Gasteiger partial charge in [0.1, 0.15) is 5.82 Å². The minimum Gasteiger partial charge on any atom is -0.388 e. The van der Waals surface area contributed by atoms with Crippen molar-refractivity contribution in [2.75, 3.05) is 13.1 Å². The second kappa shape index (κ2) is 6.29. The van der Waals surface area contributed by atoms with E-state index in [-0.39, 0.29) is 0 Å². The normalized spacial score (nSPS) is 24.9. The van der Waals surface area contributed by atoms with Crippen LogP contribution >= 0.6 is 0 Å². The molecule has 8 nitrogen and oxygen atoms in total. The maximum Gasteiger partial charge on any atom is 0.328 e. The lowest BCUT2D eigenvalue weighted by molar-refractivity contribution is -0.0545. The van der Waals surface area contributed by atoms with Gasteiger partial charge in [-0.2, -0.15) is 0 Å². The van der Waals surface area contributed by atoms with E-state index in [1.807, 2.05) is 13.0 Å². The van der Waals surface area contributed by atoms with Crippen molar-refractivity contribution >= 4 is 0 Å². The molecule has 0 spiro atoms. The predicted molar refractivity (Wildman–Crippen MR) is 87.6 cm³/mol. The highest BCUT2D eigenvalue weighted by molar-refractivity contribution is 5.04. The number of rotatable bonds is 3. The van der Waals surface area contributed by atoms with Gasteiger partial charge in [0.15, 0.2) is 0 Å². The highest BCUT2D eigenvalue weighted by atomic mass is 16.3. The fourth-order valence-electron chi connectivity index (χ4n) is 3.11. The topological polar surface area (TPSA) is 104 Å². The Hall–Kier alpha value is -2.32. The van der Waals surface area contributed by atoms with E-state index in [2.05, 4.69) is 19.9 Å². The van der Waals surface area contributed by atoms with Gasteiger partial charge in [-0.1, -0.05) is 0 Å². The summed E-state index contributed by atoms with van der Waals surface area (Å²) in [6.45, 7) is 5.37. The zero-order valence-corrected chi connectivity index (χ0v) is 13.8. The predicted octanol–water partition coefficient (Wildman–Crippen LogP) is -0.167. The summed E-state index contributed by atoms with van der Waals surface area (Å²) in [5.74, 6) is 0.713. The summed E-state index contributed by atoms with van der Waals surface area (Å²) in [6.07, 6.45) is 3.69. The molecule has 1 aliphatic rings. The molecule has 2 aromatic rings. The molecule has 3 rings (SSSR count). The summed E-state index contributed by atoms with van der Waals surface area (Å²) in [4.78, 5) is 36.2. The van der Waals surface area contributed by atoms with Crippen LogP contribution in [0.1, 0.15) is 30.9 Å². The molecular formula is C16H21N5O3. The third-order valence-corrected chi connectivity index (χ3v) is 4.49. The number of nitrogens with one attached hydrogen (secondary N) is 1. The molecule has 8 heteroatoms. The van der Waals surface area contributed by atoms with Crippen LogP contribution in [-0.4, -0.2) is 48.2 Å². The van der Waals surface area contributed by atoms with Crippen LogP contribution in [0.15, 0.2) is 34.1 Å². The zero-order chi connectivity index (χ0) is 17.3. The first-order valence-electron chi connectivity index (χ1n) is 7.90. The summed E-state index contributed by atoms with van der Waals surface area (Å²) in [6, 6.07) is 2.71. The van der Waals surface area contributed by atoms with Crippen LogP contribution in [0.2, 0.25) is 0 Å². The summed E-state index contributed by atoms with van der Waals surface area (Å²) in [5.41, 5.74) is -1.08. The van der Waals surface area contributed by atoms with Crippen LogP contribution < -0.4 is 11.2 Å². The minimum atomic E-state index is -1.03. The van der Waals surface area contributed by atoms with E-state index >= 15 is 0 Å². The second-order valence-corrected chi connectivity index (χ2v) is 6.47. The second-order valence-electron chi connectivity index (χ2n) is 6.47. The number of hydrogen-bond donors (Lipinski definition) is 2. The molecule has 1 aliphatic heterocycles. The molecule has 0 bridgehead atoms. The van der Waals surface area contributed by atoms with Crippen LogP contribution in [-0.2, 0) is 6.54 Å². The van der Waals surface area contributed by atoms with Gasteiger partial charge in [0.2, 0.25) is 0 Å². The average Bonchev–Trinajstić information content (AvgIpc) is 2.50. The van der Waals surface area contributed by atoms with Gasteiger partial charge in [0.05, 0.1) is 17.3 Å². The molecule has 0 radical (unpaired) electrons. The highest BCUT2D eigenvalue weighted by Gasteiger charge is 2.39. The molecule has 0 amide bonds. The standard InChI is InChI=1S/C16H21N5O3/c1-11-17-6-3-12(18-11)9-20-8-5-16(2,24)13(10-20)21-7-4-14(22)19-15(21)23/h3-4,6-7,13,24H,5,8-10H2,1-2H3,(H,19,22,23)/t13-,16-/m1/s1. The Morgan fingerprint density at radius 1 is 1.42 bits per heavy atom. The van der Waals surface area contributed by atoms with Crippen LogP contribution in [0, 0.1) is 6.92 Å². The monoisotopic (exact) mass is 331 g/mol. The van der Waals surface area contributed by atoms with Gasteiger partial charge >= 0.3 is 5.69 Å². The number of likely N-dealkylation sites (tertiary alicyclic amines) is 1. The lowest BCUT2D eigenvalue weighted by Crippen LogP contribution is -2.53. The van der Waals surface area contributed by atoms with Gasteiger partial charge in [0, 0.05) is 38.1 Å². The number of nitrogens with zero attached hydrogens (tertiary/aromatic N) is 4. The largest absolute Gasteiger partial charge is 0.388 e. The van der Waals surface area contributed by atoms with E-state index in [4.69, 9.17) is 0 Å². The van der Waals surface area contributed by atoms with Gasteiger partial charge in [0.25, 0.3) is 5.56 Å². The summed E-state index contributed by atoms with van der Waals surface area (Å²) < 4.78 is 1.40. The van der Waals surface area contributed by atoms with Crippen LogP contribution in [0.25, 0.3) is 0 Å². The molecule has 2 N–H and O–H groups in total. The molecule has 1 saturated heterocycles. The number of aromatic amines is 1. The van der Waals surface area contributed by atoms with E-state index in [9.17, 15) is 14.7 Å². The molecule has 24 heavy (non-hydrogen) atoms. The fraction of sp³-hybridized carbons (Fsp3) is 0.500. The summed E-state index contributed by atoms with van der Waals surface area (Å²) in [7, 11) is 0. The first-order chi connectivity index (χ1) is 11.3. The molecule has 0 aliphatic carbocycles. The molecule has 2 aromatic heterocycles. The van der Waals surface area contributed by atoms with Crippen molar-refractivity contribution < 1.29 is 5.11 Å². The van der Waals surface area contributed by atoms with Crippen LogP contribution in [0.3, 0.4) is 0 Å². The van der Waals surface area contributed by atoms with E-state index in [0.717, 1.165) is 5.69 Å². The first kappa shape index (κ1) is 16.5. The third kappa shape index (κ3) is 3.44. The number of aliphatic hydroxyl groups is 1. The summed E-state index contributed by atoms with van der Waals surface area (Å²) >= 11 is 0. The van der Waals surface area contributed by atoms with Gasteiger partial charge in [-0.3, -0.25) is 19.2 Å². The molecule has 2 atom stereocenters. The Bertz CT molecular complexity index is 842. The minimum absolute atomic E-state index is 0.444. The smallest absolute Gasteiger partial charge is 0.328 e. The molecule has 0 saturated carbocycles. The number of piperidine rings is 1.